The van der Waals surface area contributed by atoms with E-state index in [0.29, 0.717) is 25.8 Å². The van der Waals surface area contributed by atoms with Gasteiger partial charge in [0, 0.05) is 24.8 Å². The first kappa shape index (κ1) is 14.5. The van der Waals surface area contributed by atoms with E-state index in [4.69, 9.17) is 4.74 Å². The second-order valence-electron chi connectivity index (χ2n) is 6.55. The highest BCUT2D eigenvalue weighted by atomic mass is 16.5. The lowest BCUT2D eigenvalue weighted by Gasteiger charge is -2.55. The number of nitrogens with zero attached hydrogens (tertiary/aromatic N) is 1. The van der Waals surface area contributed by atoms with Gasteiger partial charge in [0.1, 0.15) is 11.5 Å². The van der Waals surface area contributed by atoms with Crippen molar-refractivity contribution in [2.75, 3.05) is 27.2 Å². The minimum absolute atomic E-state index is 0.257. The van der Waals surface area contributed by atoms with Crippen molar-refractivity contribution in [1.82, 2.24) is 4.90 Å². The van der Waals surface area contributed by atoms with E-state index >= 15 is 0 Å². The van der Waals surface area contributed by atoms with Crippen LogP contribution in [0.15, 0.2) is 24.3 Å². The number of carbonyl (C=O) groups is 1. The zero-order valence-electron chi connectivity index (χ0n) is 12.8. The molecule has 1 aliphatic heterocycles. The monoisotopic (exact) mass is 289 g/mol. The van der Waals surface area contributed by atoms with Gasteiger partial charge in [0.25, 0.3) is 0 Å². The lowest BCUT2D eigenvalue weighted by Crippen LogP contribution is -2.64. The highest BCUT2D eigenvalue weighted by molar-refractivity contribution is 5.82. The number of likely N-dealkylation sites (N-methyl/N-ethyl adjacent to an activating group) is 1. The van der Waals surface area contributed by atoms with Crippen molar-refractivity contribution in [3.63, 3.8) is 0 Å². The van der Waals surface area contributed by atoms with Gasteiger partial charge in [-0.1, -0.05) is 12.1 Å². The molecule has 0 aromatic heterocycles. The maximum Gasteiger partial charge on any atom is 0.134 e. The molecule has 3 rings (SSSR count). The molecule has 1 heterocycles. The lowest BCUT2D eigenvalue weighted by atomic mass is 9.56. The summed E-state index contributed by atoms with van der Waals surface area (Å²) in [6.07, 6.45) is 2.27. The van der Waals surface area contributed by atoms with Crippen LogP contribution in [0.25, 0.3) is 0 Å². The minimum atomic E-state index is -0.833. The first-order valence-electron chi connectivity index (χ1n) is 7.56. The van der Waals surface area contributed by atoms with Crippen LogP contribution in [0.2, 0.25) is 0 Å². The summed E-state index contributed by atoms with van der Waals surface area (Å²) in [5.41, 5.74) is -0.269. The molecule has 2 atom stereocenters. The summed E-state index contributed by atoms with van der Waals surface area (Å²) in [7, 11) is 3.67. The second-order valence-corrected chi connectivity index (χ2v) is 6.55. The largest absolute Gasteiger partial charge is 0.497 e. The highest BCUT2D eigenvalue weighted by Crippen LogP contribution is 2.50. The molecule has 0 amide bonds. The molecule has 0 unspecified atom stereocenters. The van der Waals surface area contributed by atoms with Gasteiger partial charge in [-0.3, -0.25) is 4.79 Å². The van der Waals surface area contributed by atoms with Crippen molar-refractivity contribution in [2.45, 2.75) is 36.7 Å². The molecule has 4 nitrogen and oxygen atoms in total. The normalized spacial score (nSPS) is 33.6. The van der Waals surface area contributed by atoms with Crippen LogP contribution in [0.5, 0.6) is 5.75 Å². The number of methoxy groups -OCH3 is 1. The average Bonchev–Trinajstić information content (AvgIpc) is 2.48. The molecule has 2 fully saturated rings. The average molecular weight is 289 g/mol. The fourth-order valence-corrected chi connectivity index (χ4v) is 4.07. The number of hydrogen-bond acceptors (Lipinski definition) is 4. The van der Waals surface area contributed by atoms with Crippen molar-refractivity contribution in [2.24, 2.45) is 0 Å². The topological polar surface area (TPSA) is 49.8 Å². The Hall–Kier alpha value is -1.39. The van der Waals surface area contributed by atoms with Crippen LogP contribution in [0.3, 0.4) is 0 Å². The molecule has 0 radical (unpaired) electrons. The quantitative estimate of drug-likeness (QED) is 0.901. The Kier molecular flexibility index (Phi) is 3.54. The predicted molar refractivity (Wildman–Crippen MR) is 80.6 cm³/mol. The predicted octanol–water partition coefficient (Wildman–Crippen LogP) is 1.75. The Morgan fingerprint density at radius 1 is 1.33 bits per heavy atom. The van der Waals surface area contributed by atoms with Crippen molar-refractivity contribution in [3.8, 4) is 5.75 Å². The minimum Gasteiger partial charge on any atom is -0.497 e. The van der Waals surface area contributed by atoms with Crippen LogP contribution in [-0.4, -0.2) is 48.6 Å². The number of carbonyl (C=O) groups excluding carboxylic acids is 1. The van der Waals surface area contributed by atoms with Gasteiger partial charge in [-0.05, 0) is 44.1 Å². The van der Waals surface area contributed by atoms with Gasteiger partial charge >= 0.3 is 0 Å². The number of piperidine rings is 1. The fraction of sp³-hybridized carbons (Fsp3) is 0.588. The third-order valence-electron chi connectivity index (χ3n) is 5.28. The molecule has 1 aromatic carbocycles. The summed E-state index contributed by atoms with van der Waals surface area (Å²) < 4.78 is 5.33. The molecule has 1 N–H and O–H groups in total. The number of Topliss-reactive ketones (excluding diaryl/α,β-unsaturated/α-hetero) is 1. The van der Waals surface area contributed by atoms with Crippen LogP contribution in [0.4, 0.5) is 0 Å². The third-order valence-corrected chi connectivity index (χ3v) is 5.28. The molecule has 1 aromatic rings. The molecule has 21 heavy (non-hydrogen) atoms. The Balaban J connectivity index is 2.09. The van der Waals surface area contributed by atoms with Gasteiger partial charge in [-0.15, -0.1) is 0 Å². The van der Waals surface area contributed by atoms with E-state index in [-0.39, 0.29) is 5.78 Å². The molecule has 1 aliphatic carbocycles. The van der Waals surface area contributed by atoms with Gasteiger partial charge in [0.2, 0.25) is 0 Å². The molecule has 1 saturated heterocycles. The molecule has 0 spiro atoms. The maximum absolute atomic E-state index is 12.1. The van der Waals surface area contributed by atoms with E-state index in [1.807, 2.05) is 31.3 Å². The summed E-state index contributed by atoms with van der Waals surface area (Å²) >= 11 is 0. The lowest BCUT2D eigenvalue weighted by molar-refractivity contribution is -0.145. The number of likely N-dealkylation sites (tertiary alicyclic amines) is 1. The van der Waals surface area contributed by atoms with Gasteiger partial charge in [-0.25, -0.2) is 0 Å². The van der Waals surface area contributed by atoms with Crippen LogP contribution >= 0.6 is 0 Å². The second kappa shape index (κ2) is 5.11. The zero-order valence-corrected chi connectivity index (χ0v) is 12.8. The maximum atomic E-state index is 12.1. The SMILES string of the molecule is COc1cccc([C@@]23CCN(C)C[C@@]2(O)CCC(=O)C3)c1. The highest BCUT2D eigenvalue weighted by Gasteiger charge is 2.57. The van der Waals surface area contributed by atoms with Crippen molar-refractivity contribution >= 4 is 5.78 Å². The van der Waals surface area contributed by atoms with E-state index in [2.05, 4.69) is 4.90 Å². The van der Waals surface area contributed by atoms with Crippen LogP contribution in [-0.2, 0) is 10.2 Å². The molecular formula is C17H23NO3. The first-order valence-corrected chi connectivity index (χ1v) is 7.56. The van der Waals surface area contributed by atoms with Crippen molar-refractivity contribution < 1.29 is 14.6 Å². The molecule has 1 saturated carbocycles. The standard InChI is InChI=1S/C17H23NO3/c1-18-9-8-16(13-4-3-5-15(10-13)21-2)11-14(19)6-7-17(16,20)12-18/h3-5,10,20H,6-9,11-12H2,1-2H3/t16-,17-/m0/s1. The summed E-state index contributed by atoms with van der Waals surface area (Å²) in [6, 6.07) is 7.85. The van der Waals surface area contributed by atoms with Crippen LogP contribution < -0.4 is 4.74 Å². The Morgan fingerprint density at radius 2 is 2.14 bits per heavy atom. The smallest absolute Gasteiger partial charge is 0.134 e. The number of aliphatic hydroxyl groups is 1. The van der Waals surface area contributed by atoms with Gasteiger partial charge in [0.15, 0.2) is 0 Å². The number of fused-ring (bicyclic) bond motifs is 1. The van der Waals surface area contributed by atoms with Gasteiger partial charge in [-0.2, -0.15) is 0 Å². The van der Waals surface area contributed by atoms with Gasteiger partial charge in [0.05, 0.1) is 12.7 Å². The van der Waals surface area contributed by atoms with Crippen LogP contribution in [0, 0.1) is 0 Å². The Bertz CT molecular complexity index is 559. The number of hydrogen-bond donors (Lipinski definition) is 1. The van der Waals surface area contributed by atoms with E-state index in [1.165, 1.54) is 0 Å². The molecular weight excluding hydrogens is 266 g/mol. The van der Waals surface area contributed by atoms with E-state index in [1.54, 1.807) is 7.11 Å². The number of rotatable bonds is 2. The Morgan fingerprint density at radius 3 is 2.90 bits per heavy atom. The molecule has 114 valence electrons. The Labute approximate surface area is 125 Å². The van der Waals surface area contributed by atoms with Crippen molar-refractivity contribution in [1.29, 1.82) is 0 Å². The molecule has 4 heteroatoms. The third kappa shape index (κ3) is 2.27. The van der Waals surface area contributed by atoms with E-state index < -0.39 is 11.0 Å². The van der Waals surface area contributed by atoms with Crippen LogP contribution in [0.1, 0.15) is 31.2 Å². The first-order chi connectivity index (χ1) is 9.99. The summed E-state index contributed by atoms with van der Waals surface area (Å²) in [4.78, 5) is 14.3. The van der Waals surface area contributed by atoms with E-state index in [0.717, 1.165) is 24.3 Å². The summed E-state index contributed by atoms with van der Waals surface area (Å²) in [5.74, 6) is 1.04. The zero-order chi connectivity index (χ0) is 15.1. The number of ketones is 1. The fourth-order valence-electron chi connectivity index (χ4n) is 4.07. The summed E-state index contributed by atoms with van der Waals surface area (Å²) in [5, 5.41) is 11.3. The number of benzene rings is 1. The molecule has 2 aliphatic rings. The van der Waals surface area contributed by atoms with E-state index in [9.17, 15) is 9.90 Å². The van der Waals surface area contributed by atoms with Crippen molar-refractivity contribution in [3.05, 3.63) is 29.8 Å². The summed E-state index contributed by atoms with van der Waals surface area (Å²) in [6.45, 7) is 1.52. The molecule has 0 bridgehead atoms. The number of ether oxygens (including phenoxy) is 1. The number of β-amino-alcohol motifs (C(OH)–C–C–N with tert-alkyl or cyclic N) is 1. The van der Waals surface area contributed by atoms with Gasteiger partial charge < -0.3 is 14.7 Å².